The Labute approximate surface area is 268 Å². The fourth-order valence-corrected chi connectivity index (χ4v) is 7.29. The monoisotopic (exact) mass is 646 g/mol. The van der Waals surface area contributed by atoms with Gasteiger partial charge in [0.2, 0.25) is 18.3 Å². The molecule has 0 saturated heterocycles. The summed E-state index contributed by atoms with van der Waals surface area (Å²) in [6.45, 7) is 5.92. The minimum absolute atomic E-state index is 0.0421. The van der Waals surface area contributed by atoms with Gasteiger partial charge in [-0.25, -0.2) is 4.79 Å². The quantitative estimate of drug-likeness (QED) is 0.0284. The molecule has 0 heterocycles. The van der Waals surface area contributed by atoms with Crippen molar-refractivity contribution in [3.63, 3.8) is 0 Å². The molecule has 3 unspecified atom stereocenters. The summed E-state index contributed by atoms with van der Waals surface area (Å²) in [6.07, 6.45) is 17.3. The third kappa shape index (κ3) is 19.1. The van der Waals surface area contributed by atoms with E-state index in [0.29, 0.717) is 38.5 Å². The molecule has 0 fully saturated rings. The maximum Gasteiger partial charge on any atom is 0.375 e. The molecule has 0 aliphatic carbocycles. The summed E-state index contributed by atoms with van der Waals surface area (Å²) in [7, 11) is 3.41. The van der Waals surface area contributed by atoms with Crippen molar-refractivity contribution >= 4 is 41.8 Å². The molecular weight excluding hydrogens is 583 g/mol. The van der Waals surface area contributed by atoms with Crippen LogP contribution >= 0.6 is 6.57 Å². The van der Waals surface area contributed by atoms with Crippen molar-refractivity contribution in [1.29, 1.82) is 0 Å². The van der Waals surface area contributed by atoms with E-state index in [1.807, 2.05) is 6.92 Å². The van der Waals surface area contributed by atoms with Crippen molar-refractivity contribution in [3.8, 4) is 0 Å². The van der Waals surface area contributed by atoms with Gasteiger partial charge in [0.1, 0.15) is 5.78 Å². The zero-order valence-electron chi connectivity index (χ0n) is 28.3. The molecule has 0 radical (unpaired) electrons. The van der Waals surface area contributed by atoms with Gasteiger partial charge in [-0.15, -0.1) is 0 Å². The van der Waals surface area contributed by atoms with Crippen LogP contribution in [0.4, 0.5) is 0 Å². The van der Waals surface area contributed by atoms with Gasteiger partial charge in [0, 0.05) is 19.9 Å². The van der Waals surface area contributed by atoms with E-state index >= 15 is 0 Å². The van der Waals surface area contributed by atoms with E-state index in [1.54, 1.807) is 14.1 Å². The molecule has 1 amide bonds. The van der Waals surface area contributed by atoms with Gasteiger partial charge < -0.3 is 9.26 Å². The number of hydrogen-bond donors (Lipinski definition) is 1. The molecule has 0 aromatic rings. The van der Waals surface area contributed by atoms with E-state index in [0.717, 1.165) is 57.8 Å². The van der Waals surface area contributed by atoms with Crippen LogP contribution in [0.2, 0.25) is 0 Å². The predicted octanol–water partition coefficient (Wildman–Crippen LogP) is 8.45. The summed E-state index contributed by atoms with van der Waals surface area (Å²) in [5.41, 5.74) is 0. The third-order valence-corrected chi connectivity index (χ3v) is 11.6. The van der Waals surface area contributed by atoms with E-state index in [-0.39, 0.29) is 24.4 Å². The molecule has 0 rings (SSSR count). The first-order valence-corrected chi connectivity index (χ1v) is 19.7. The van der Waals surface area contributed by atoms with E-state index in [2.05, 4.69) is 25.9 Å². The lowest BCUT2D eigenvalue weighted by molar-refractivity contribution is -0.157. The lowest BCUT2D eigenvalue weighted by atomic mass is 9.89. The minimum atomic E-state index is -2.65. The van der Waals surface area contributed by atoms with Crippen LogP contribution in [0.5, 0.6) is 0 Å². The van der Waals surface area contributed by atoms with Crippen molar-refractivity contribution in [3.05, 3.63) is 0 Å². The second-order valence-corrected chi connectivity index (χ2v) is 15.6. The number of esters is 1. The Kier molecular flexibility index (Phi) is 25.4. The molecule has 0 spiro atoms. The highest BCUT2D eigenvalue weighted by atomic mass is 32.5. The van der Waals surface area contributed by atoms with E-state index in [9.17, 15) is 19.2 Å². The Balaban J connectivity index is 4.81. The number of nitrogens with zero attached hydrogens (tertiary/aromatic N) is 1. The zero-order chi connectivity index (χ0) is 32.5. The molecule has 0 bridgehead atoms. The predicted molar refractivity (Wildman–Crippen MR) is 180 cm³/mol. The van der Waals surface area contributed by atoms with Crippen molar-refractivity contribution in [2.24, 2.45) is 5.92 Å². The summed E-state index contributed by atoms with van der Waals surface area (Å²) in [5.74, 6) is -2.83. The number of unbranched alkanes of at least 4 members (excludes halogenated alkanes) is 12. The van der Waals surface area contributed by atoms with E-state index < -0.39 is 24.2 Å². The molecule has 0 aromatic carbocycles. The number of ketones is 2. The number of carbonyl (C=O) groups is 4. The summed E-state index contributed by atoms with van der Waals surface area (Å²) in [4.78, 5) is 51.4. The van der Waals surface area contributed by atoms with E-state index in [4.69, 9.17) is 21.1 Å². The van der Waals surface area contributed by atoms with Gasteiger partial charge in [-0.05, 0) is 57.9 Å². The van der Waals surface area contributed by atoms with Gasteiger partial charge in [-0.1, -0.05) is 104 Å². The van der Waals surface area contributed by atoms with Crippen molar-refractivity contribution < 1.29 is 28.4 Å². The van der Waals surface area contributed by atoms with Crippen LogP contribution in [0.15, 0.2) is 0 Å². The SMILES string of the molecule is CCCCCCCCCCOC(=O)C(=O)C(CCCCCC(=O)N(C)P(=S)(NC)OC(C)CCC)C(=O)CCCCCC. The average Bonchev–Trinajstić information content (AvgIpc) is 2.99. The number of ether oxygens (including phenoxy) is 1. The average molecular weight is 647 g/mol. The Morgan fingerprint density at radius 1 is 0.744 bits per heavy atom. The van der Waals surface area contributed by atoms with Crippen molar-refractivity contribution in [1.82, 2.24) is 9.76 Å². The molecule has 0 aliphatic rings. The normalized spacial score (nSPS) is 14.1. The fraction of sp³-hybridized carbons (Fsp3) is 0.879. The number of Topliss-reactive ketones (excluding diaryl/α,β-unsaturated/α-hetero) is 2. The Morgan fingerprint density at radius 3 is 1.86 bits per heavy atom. The van der Waals surface area contributed by atoms with Gasteiger partial charge >= 0.3 is 5.97 Å². The van der Waals surface area contributed by atoms with Gasteiger partial charge in [0.25, 0.3) is 0 Å². The first-order valence-electron chi connectivity index (χ1n) is 17.1. The largest absolute Gasteiger partial charge is 0.460 e. The lowest BCUT2D eigenvalue weighted by Gasteiger charge is -2.33. The number of nitrogens with one attached hydrogen (secondary N) is 1. The topological polar surface area (TPSA) is 102 Å². The first kappa shape index (κ1) is 41.9. The number of rotatable bonds is 29. The second kappa shape index (κ2) is 26.1. The first-order chi connectivity index (χ1) is 20.6. The highest BCUT2D eigenvalue weighted by Gasteiger charge is 2.32. The Morgan fingerprint density at radius 2 is 1.28 bits per heavy atom. The Hall–Kier alpha value is -1.15. The smallest absolute Gasteiger partial charge is 0.375 e. The van der Waals surface area contributed by atoms with Crippen LogP contribution in [0.1, 0.15) is 156 Å². The fourth-order valence-electron chi connectivity index (χ4n) is 5.04. The van der Waals surface area contributed by atoms with Gasteiger partial charge in [-0.3, -0.25) is 24.1 Å². The minimum Gasteiger partial charge on any atom is -0.460 e. The van der Waals surface area contributed by atoms with Gasteiger partial charge in [-0.2, -0.15) is 0 Å². The van der Waals surface area contributed by atoms with Crippen LogP contribution in [0, 0.1) is 5.92 Å². The highest BCUT2D eigenvalue weighted by Crippen LogP contribution is 2.47. The standard InChI is InChI=1S/C33H63N2O6PS/c1-7-10-12-14-15-16-17-22-27-40-33(39)32(38)29(30(36)25-20-13-11-8-2)24-19-18-21-26-31(37)35(6)42(43,34-5)41-28(4)23-9-3/h28-29H,7-27H2,1-6H3,(H,34,43). The summed E-state index contributed by atoms with van der Waals surface area (Å²) in [5, 5.41) is 3.05. The van der Waals surface area contributed by atoms with Gasteiger partial charge in [0.05, 0.1) is 18.6 Å². The van der Waals surface area contributed by atoms with Crippen LogP contribution in [-0.2, 0) is 40.2 Å². The number of hydrogen-bond acceptors (Lipinski definition) is 7. The maximum absolute atomic E-state index is 13.0. The molecule has 0 aromatic heterocycles. The third-order valence-electron chi connectivity index (χ3n) is 7.85. The summed E-state index contributed by atoms with van der Waals surface area (Å²) in [6, 6.07) is 0. The highest BCUT2D eigenvalue weighted by molar-refractivity contribution is 8.10. The zero-order valence-corrected chi connectivity index (χ0v) is 30.0. The molecular formula is C33H63N2O6PS. The molecule has 252 valence electrons. The molecule has 3 atom stereocenters. The van der Waals surface area contributed by atoms with Gasteiger partial charge in [0.15, 0.2) is 0 Å². The molecule has 8 nitrogen and oxygen atoms in total. The van der Waals surface area contributed by atoms with Crippen molar-refractivity contribution in [2.45, 2.75) is 162 Å². The molecule has 10 heteroatoms. The summed E-state index contributed by atoms with van der Waals surface area (Å²) < 4.78 is 12.9. The van der Waals surface area contributed by atoms with Crippen LogP contribution < -0.4 is 5.09 Å². The Bertz CT molecular complexity index is 840. The second-order valence-electron chi connectivity index (χ2n) is 11.8. The number of carbonyl (C=O) groups excluding carboxylic acids is 4. The summed E-state index contributed by atoms with van der Waals surface area (Å²) >= 11 is 5.70. The number of amides is 1. The molecule has 0 aliphatic heterocycles. The maximum atomic E-state index is 13.0. The lowest BCUT2D eigenvalue weighted by Crippen LogP contribution is -2.32. The van der Waals surface area contributed by atoms with Crippen molar-refractivity contribution in [2.75, 3.05) is 20.7 Å². The van der Waals surface area contributed by atoms with E-state index in [1.165, 1.54) is 36.8 Å². The van der Waals surface area contributed by atoms with Crippen LogP contribution in [-0.4, -0.2) is 54.9 Å². The van der Waals surface area contributed by atoms with Crippen LogP contribution in [0.25, 0.3) is 0 Å². The molecule has 1 N–H and O–H groups in total. The molecule has 43 heavy (non-hydrogen) atoms. The van der Waals surface area contributed by atoms with Crippen LogP contribution in [0.3, 0.4) is 0 Å². The molecule has 0 saturated carbocycles.